The van der Waals surface area contributed by atoms with E-state index in [1.807, 2.05) is 0 Å². The third kappa shape index (κ3) is 5.64. The number of carbonyl (C=O) groups is 2. The zero-order valence-corrected chi connectivity index (χ0v) is 17.4. The molecule has 3 rings (SSSR count). The van der Waals surface area contributed by atoms with Gasteiger partial charge < -0.3 is 10.2 Å². The lowest BCUT2D eigenvalue weighted by Gasteiger charge is -2.16. The molecule has 0 aliphatic carbocycles. The van der Waals surface area contributed by atoms with Crippen molar-refractivity contribution in [3.63, 3.8) is 0 Å². The van der Waals surface area contributed by atoms with Crippen molar-refractivity contribution in [1.82, 2.24) is 19.5 Å². The molecule has 0 aliphatic rings. The molecule has 0 saturated heterocycles. The van der Waals surface area contributed by atoms with Crippen molar-refractivity contribution in [3.05, 3.63) is 52.9 Å². The van der Waals surface area contributed by atoms with Crippen LogP contribution in [0, 0.1) is 5.82 Å². The summed E-state index contributed by atoms with van der Waals surface area (Å²) in [5.74, 6) is -1.61. The summed E-state index contributed by atoms with van der Waals surface area (Å²) in [5, 5.41) is 9.86. The average Bonchev–Trinajstić information content (AvgIpc) is 3.10. The molecule has 31 heavy (non-hydrogen) atoms. The summed E-state index contributed by atoms with van der Waals surface area (Å²) in [6.07, 6.45) is -3.81. The Labute approximate surface area is 182 Å². The number of aromatic nitrogens is 3. The molecular formula is C18H14ClF4N5O2S. The first-order valence-corrected chi connectivity index (χ1v) is 9.94. The monoisotopic (exact) mass is 475 g/mol. The third-order valence-corrected chi connectivity index (χ3v) is 5.22. The van der Waals surface area contributed by atoms with E-state index in [0.29, 0.717) is 5.69 Å². The zero-order valence-electron chi connectivity index (χ0n) is 15.8. The third-order valence-electron chi connectivity index (χ3n) is 4.02. The van der Waals surface area contributed by atoms with Gasteiger partial charge in [0, 0.05) is 18.9 Å². The van der Waals surface area contributed by atoms with E-state index in [-0.39, 0.29) is 28.1 Å². The summed E-state index contributed by atoms with van der Waals surface area (Å²) in [5.41, 5.74) is -0.585. The van der Waals surface area contributed by atoms with E-state index in [9.17, 15) is 27.2 Å². The number of halogens is 5. The number of nitrogens with one attached hydrogen (secondary N) is 1. The predicted octanol–water partition coefficient (Wildman–Crippen LogP) is 3.73. The summed E-state index contributed by atoms with van der Waals surface area (Å²) >= 11 is 6.71. The minimum atomic E-state index is -4.61. The van der Waals surface area contributed by atoms with Gasteiger partial charge in [-0.1, -0.05) is 23.4 Å². The Morgan fingerprint density at radius 3 is 2.55 bits per heavy atom. The number of alkyl halides is 3. The number of amides is 2. The molecule has 7 nitrogen and oxygen atoms in total. The van der Waals surface area contributed by atoms with Crippen molar-refractivity contribution >= 4 is 46.5 Å². The van der Waals surface area contributed by atoms with Gasteiger partial charge in [0.15, 0.2) is 10.8 Å². The van der Waals surface area contributed by atoms with Gasteiger partial charge in [0.05, 0.1) is 22.9 Å². The van der Waals surface area contributed by atoms with Crippen LogP contribution in [0.3, 0.4) is 0 Å². The molecule has 0 atom stereocenters. The largest absolute Gasteiger partial charge is 0.417 e. The average molecular weight is 476 g/mol. The standard InChI is InChI=1S/C18H14ClF4N5O2S/c1-27(8-14(29)24-12-4-2-11(20)3-5-12)15(30)9-31-17-26-25-16-13(19)6-10(7-28(16)17)18(21,22)23/h2-7H,8-9H2,1H3,(H,24,29). The number of likely N-dealkylation sites (N-methyl/N-ethyl adjacent to an activating group) is 1. The predicted molar refractivity (Wildman–Crippen MR) is 106 cm³/mol. The maximum absolute atomic E-state index is 13.0. The Kier molecular flexibility index (Phi) is 6.70. The minimum absolute atomic E-state index is 0.0247. The number of benzene rings is 1. The topological polar surface area (TPSA) is 79.6 Å². The number of nitrogens with zero attached hydrogens (tertiary/aromatic N) is 4. The van der Waals surface area contributed by atoms with Crippen LogP contribution in [-0.4, -0.2) is 50.7 Å². The fourth-order valence-electron chi connectivity index (χ4n) is 2.46. The second kappa shape index (κ2) is 9.10. The van der Waals surface area contributed by atoms with E-state index in [0.717, 1.165) is 33.3 Å². The van der Waals surface area contributed by atoms with Gasteiger partial charge in [-0.05, 0) is 30.3 Å². The molecule has 2 aromatic heterocycles. The van der Waals surface area contributed by atoms with E-state index in [1.54, 1.807) is 0 Å². The highest BCUT2D eigenvalue weighted by Crippen LogP contribution is 2.33. The maximum atomic E-state index is 13.0. The Morgan fingerprint density at radius 2 is 1.90 bits per heavy atom. The Morgan fingerprint density at radius 1 is 1.23 bits per heavy atom. The molecule has 2 amide bonds. The Bertz CT molecular complexity index is 1120. The van der Waals surface area contributed by atoms with Crippen LogP contribution in [0.1, 0.15) is 5.56 Å². The lowest BCUT2D eigenvalue weighted by molar-refractivity contribution is -0.138. The number of pyridine rings is 1. The second-order valence-corrected chi connectivity index (χ2v) is 7.69. The van der Waals surface area contributed by atoms with Crippen molar-refractivity contribution < 1.29 is 27.2 Å². The van der Waals surface area contributed by atoms with Gasteiger partial charge in [0.2, 0.25) is 11.8 Å². The van der Waals surface area contributed by atoms with E-state index >= 15 is 0 Å². The summed E-state index contributed by atoms with van der Waals surface area (Å²) in [7, 11) is 1.40. The molecule has 2 heterocycles. The number of carbonyl (C=O) groups excluding carboxylic acids is 2. The molecule has 0 unspecified atom stereocenters. The first-order valence-electron chi connectivity index (χ1n) is 8.58. The molecule has 0 saturated carbocycles. The fourth-order valence-corrected chi connectivity index (χ4v) is 3.56. The molecule has 3 aromatic rings. The second-order valence-electron chi connectivity index (χ2n) is 6.34. The molecule has 1 N–H and O–H groups in total. The number of hydrogen-bond acceptors (Lipinski definition) is 5. The lowest BCUT2D eigenvalue weighted by atomic mass is 10.3. The summed E-state index contributed by atoms with van der Waals surface area (Å²) < 4.78 is 53.0. The molecule has 1 aromatic carbocycles. The van der Waals surface area contributed by atoms with Crippen molar-refractivity contribution in [2.45, 2.75) is 11.3 Å². The van der Waals surface area contributed by atoms with Crippen molar-refractivity contribution in [2.75, 3.05) is 24.7 Å². The molecular weight excluding hydrogens is 462 g/mol. The SMILES string of the molecule is CN(CC(=O)Nc1ccc(F)cc1)C(=O)CSc1nnc2c(Cl)cc(C(F)(F)F)cn12. The molecule has 0 aliphatic heterocycles. The number of thioether (sulfide) groups is 1. The minimum Gasteiger partial charge on any atom is -0.336 e. The molecule has 13 heteroatoms. The number of hydrogen-bond donors (Lipinski definition) is 1. The van der Waals surface area contributed by atoms with Gasteiger partial charge in [-0.15, -0.1) is 10.2 Å². The number of fused-ring (bicyclic) bond motifs is 1. The highest BCUT2D eigenvalue weighted by molar-refractivity contribution is 7.99. The maximum Gasteiger partial charge on any atom is 0.417 e. The molecule has 0 radical (unpaired) electrons. The van der Waals surface area contributed by atoms with Crippen molar-refractivity contribution in [2.24, 2.45) is 0 Å². The van der Waals surface area contributed by atoms with Gasteiger partial charge >= 0.3 is 6.18 Å². The van der Waals surface area contributed by atoms with E-state index in [2.05, 4.69) is 15.5 Å². The van der Waals surface area contributed by atoms with E-state index in [1.165, 1.54) is 31.3 Å². The van der Waals surface area contributed by atoms with Crippen molar-refractivity contribution in [1.29, 1.82) is 0 Å². The zero-order chi connectivity index (χ0) is 22.8. The van der Waals surface area contributed by atoms with Gasteiger partial charge in [-0.25, -0.2) is 4.39 Å². The number of anilines is 1. The molecule has 0 fully saturated rings. The first kappa shape index (κ1) is 22.8. The van der Waals surface area contributed by atoms with E-state index < -0.39 is 29.4 Å². The fraction of sp³-hybridized carbons (Fsp3) is 0.222. The quantitative estimate of drug-likeness (QED) is 0.434. The first-order chi connectivity index (χ1) is 14.5. The summed E-state index contributed by atoms with van der Waals surface area (Å²) in [6.45, 7) is -0.276. The van der Waals surface area contributed by atoms with Gasteiger partial charge in [-0.3, -0.25) is 14.0 Å². The Hall–Kier alpha value is -2.86. The van der Waals surface area contributed by atoms with Crippen LogP contribution >= 0.6 is 23.4 Å². The molecule has 164 valence electrons. The van der Waals surface area contributed by atoms with E-state index in [4.69, 9.17) is 11.6 Å². The summed E-state index contributed by atoms with van der Waals surface area (Å²) in [4.78, 5) is 25.5. The number of rotatable bonds is 6. The van der Waals surface area contributed by atoms with Crippen LogP contribution < -0.4 is 5.32 Å². The molecule has 0 bridgehead atoms. The van der Waals surface area contributed by atoms with Gasteiger partial charge in [-0.2, -0.15) is 13.2 Å². The Balaban J connectivity index is 1.62. The lowest BCUT2D eigenvalue weighted by Crippen LogP contribution is -2.36. The highest BCUT2D eigenvalue weighted by atomic mass is 35.5. The van der Waals surface area contributed by atoms with Crippen LogP contribution in [0.2, 0.25) is 5.02 Å². The normalized spacial score (nSPS) is 11.5. The van der Waals surface area contributed by atoms with Crippen LogP contribution in [0.15, 0.2) is 41.7 Å². The van der Waals surface area contributed by atoms with Gasteiger partial charge in [0.1, 0.15) is 5.82 Å². The van der Waals surface area contributed by atoms with Crippen LogP contribution in [0.4, 0.5) is 23.2 Å². The van der Waals surface area contributed by atoms with Crippen molar-refractivity contribution in [3.8, 4) is 0 Å². The van der Waals surface area contributed by atoms with Crippen LogP contribution in [-0.2, 0) is 15.8 Å². The van der Waals surface area contributed by atoms with Gasteiger partial charge in [0.25, 0.3) is 0 Å². The highest BCUT2D eigenvalue weighted by Gasteiger charge is 2.32. The van der Waals surface area contributed by atoms with Crippen LogP contribution in [0.25, 0.3) is 5.65 Å². The smallest absolute Gasteiger partial charge is 0.336 e. The molecule has 0 spiro atoms. The van der Waals surface area contributed by atoms with Crippen LogP contribution in [0.5, 0.6) is 0 Å². The summed E-state index contributed by atoms with van der Waals surface area (Å²) in [6, 6.07) is 5.86.